The van der Waals surface area contributed by atoms with Crippen LogP contribution in [0, 0.1) is 13.1 Å². The first-order valence-corrected chi connectivity index (χ1v) is 10.3. The smallest absolute Gasteiger partial charge is 0.188 e. The minimum absolute atomic E-state index is 0.175. The van der Waals surface area contributed by atoms with Crippen LogP contribution >= 0.6 is 15.9 Å². The predicted octanol–water partition coefficient (Wildman–Crippen LogP) is 6.39. The number of benzene rings is 2. The summed E-state index contributed by atoms with van der Waals surface area (Å²) in [4.78, 5) is 6.65. The highest BCUT2D eigenvalue weighted by Crippen LogP contribution is 2.24. The first kappa shape index (κ1) is 24.3. The van der Waals surface area contributed by atoms with Gasteiger partial charge >= 0.3 is 0 Å². The molecule has 1 unspecified atom stereocenters. The van der Waals surface area contributed by atoms with E-state index in [2.05, 4.69) is 25.6 Å². The Labute approximate surface area is 191 Å². The lowest BCUT2D eigenvalue weighted by Gasteiger charge is -2.10. The van der Waals surface area contributed by atoms with Crippen molar-refractivity contribution in [2.75, 3.05) is 33.4 Å². The van der Waals surface area contributed by atoms with Crippen molar-refractivity contribution in [1.82, 2.24) is 0 Å². The van der Waals surface area contributed by atoms with Crippen LogP contribution in [0.5, 0.6) is 0 Å². The van der Waals surface area contributed by atoms with Gasteiger partial charge < -0.3 is 18.9 Å². The van der Waals surface area contributed by atoms with E-state index < -0.39 is 0 Å². The molecule has 2 heterocycles. The van der Waals surface area contributed by atoms with Crippen LogP contribution in [0.2, 0.25) is 0 Å². The number of halogens is 1. The first-order valence-electron chi connectivity index (χ1n) is 9.50. The van der Waals surface area contributed by atoms with Crippen LogP contribution in [0.1, 0.15) is 11.5 Å². The van der Waals surface area contributed by atoms with E-state index in [0.29, 0.717) is 44.8 Å². The molecule has 0 N–H and O–H groups in total. The van der Waals surface area contributed by atoms with Gasteiger partial charge in [-0.2, -0.15) is 0 Å². The SMILES string of the molecule is C1=CCOCOC1.[C-]#[N+]c1cccc(Br)c1.[C-]#[N+]c1cccc(C2C=COCOC2)c1. The monoisotopic (exact) mass is 482 g/mol. The van der Waals surface area contributed by atoms with Crippen molar-refractivity contribution < 1.29 is 18.9 Å². The van der Waals surface area contributed by atoms with E-state index in [0.717, 1.165) is 10.0 Å². The zero-order valence-electron chi connectivity index (χ0n) is 16.9. The molecule has 0 saturated carbocycles. The maximum atomic E-state index is 6.95. The average Bonchev–Trinajstić information content (AvgIpc) is 3.28. The second-order valence-corrected chi connectivity index (χ2v) is 7.14. The number of hydrogen-bond acceptors (Lipinski definition) is 4. The Balaban J connectivity index is 0.000000181. The summed E-state index contributed by atoms with van der Waals surface area (Å²) >= 11 is 3.26. The van der Waals surface area contributed by atoms with Crippen molar-refractivity contribution in [1.29, 1.82) is 0 Å². The zero-order chi connectivity index (χ0) is 22.2. The molecule has 1 atom stereocenters. The highest BCUT2D eigenvalue weighted by atomic mass is 79.9. The van der Waals surface area contributed by atoms with Crippen LogP contribution in [0.3, 0.4) is 0 Å². The highest BCUT2D eigenvalue weighted by molar-refractivity contribution is 9.10. The highest BCUT2D eigenvalue weighted by Gasteiger charge is 2.11. The van der Waals surface area contributed by atoms with E-state index in [1.807, 2.05) is 48.6 Å². The van der Waals surface area contributed by atoms with Gasteiger partial charge in [-0.05, 0) is 17.7 Å². The zero-order valence-corrected chi connectivity index (χ0v) is 18.5. The van der Waals surface area contributed by atoms with Crippen molar-refractivity contribution in [3.8, 4) is 0 Å². The third kappa shape index (κ3) is 10.1. The lowest BCUT2D eigenvalue weighted by atomic mass is 10.00. The molecule has 0 saturated heterocycles. The lowest BCUT2D eigenvalue weighted by Crippen LogP contribution is -2.04. The van der Waals surface area contributed by atoms with Crippen molar-refractivity contribution in [2.24, 2.45) is 0 Å². The van der Waals surface area contributed by atoms with E-state index in [9.17, 15) is 0 Å². The number of rotatable bonds is 1. The fourth-order valence-electron chi connectivity index (χ4n) is 2.47. The van der Waals surface area contributed by atoms with Crippen LogP contribution in [-0.2, 0) is 18.9 Å². The Hall–Kier alpha value is -2.94. The Morgan fingerprint density at radius 2 is 1.52 bits per heavy atom. The second-order valence-electron chi connectivity index (χ2n) is 6.22. The van der Waals surface area contributed by atoms with Crippen molar-refractivity contribution >= 4 is 27.3 Å². The van der Waals surface area contributed by atoms with Crippen LogP contribution in [0.4, 0.5) is 11.4 Å². The van der Waals surface area contributed by atoms with Crippen LogP contribution in [0.15, 0.2) is 77.5 Å². The summed E-state index contributed by atoms with van der Waals surface area (Å²) in [7, 11) is 0. The molecule has 0 bridgehead atoms. The molecule has 0 spiro atoms. The quantitative estimate of drug-likeness (QED) is 0.349. The van der Waals surface area contributed by atoms with Gasteiger partial charge in [0.25, 0.3) is 0 Å². The molecule has 2 aromatic rings. The van der Waals surface area contributed by atoms with Gasteiger partial charge in [0.2, 0.25) is 0 Å². The molecule has 0 amide bonds. The average molecular weight is 483 g/mol. The summed E-state index contributed by atoms with van der Waals surface area (Å²) < 4.78 is 21.0. The van der Waals surface area contributed by atoms with E-state index >= 15 is 0 Å². The standard InChI is InChI=1S/C12H11NO2.C7H4BrN.C5H8O2/c1-13-12-4-2-3-10(7-12)11-5-6-14-9-15-8-11;1-9-7-4-2-3-6(8)5-7;1-2-4-7-5-6-3-1/h2-7,11H,8-9H2;2-5H;1-2H,3-5H2. The predicted molar refractivity (Wildman–Crippen MR) is 123 cm³/mol. The van der Waals surface area contributed by atoms with E-state index in [-0.39, 0.29) is 5.92 Å². The van der Waals surface area contributed by atoms with Gasteiger partial charge in [-0.1, -0.05) is 70.5 Å². The van der Waals surface area contributed by atoms with E-state index in [4.69, 9.17) is 32.1 Å². The molecule has 0 aliphatic carbocycles. The van der Waals surface area contributed by atoms with Crippen molar-refractivity contribution in [3.05, 3.63) is 106 Å². The molecule has 4 rings (SSSR count). The molecule has 2 aromatic carbocycles. The fraction of sp³-hybridized carbons (Fsp3) is 0.250. The third-order valence-corrected chi connectivity index (χ3v) is 4.48. The molecular formula is C24H23BrN2O4. The Bertz CT molecular complexity index is 939. The Kier molecular flexibility index (Phi) is 11.7. The summed E-state index contributed by atoms with van der Waals surface area (Å²) in [6.07, 6.45) is 7.51. The Morgan fingerprint density at radius 3 is 2.16 bits per heavy atom. The van der Waals surface area contributed by atoms with Gasteiger partial charge in [-0.25, -0.2) is 9.69 Å². The van der Waals surface area contributed by atoms with Gasteiger partial charge in [0.05, 0.1) is 39.2 Å². The molecule has 0 radical (unpaired) electrons. The Morgan fingerprint density at radius 1 is 0.839 bits per heavy atom. The van der Waals surface area contributed by atoms with E-state index in [1.54, 1.807) is 24.5 Å². The van der Waals surface area contributed by atoms with Gasteiger partial charge in [0.1, 0.15) is 6.79 Å². The number of hydrogen-bond donors (Lipinski definition) is 0. The van der Waals surface area contributed by atoms with Crippen molar-refractivity contribution in [2.45, 2.75) is 5.92 Å². The lowest BCUT2D eigenvalue weighted by molar-refractivity contribution is -0.0265. The first-order chi connectivity index (χ1) is 15.2. The summed E-state index contributed by atoms with van der Waals surface area (Å²) in [6.45, 7) is 16.3. The minimum atomic E-state index is 0.175. The fourth-order valence-corrected chi connectivity index (χ4v) is 2.86. The normalized spacial score (nSPS) is 17.1. The van der Waals surface area contributed by atoms with Gasteiger partial charge in [0, 0.05) is 10.4 Å². The molecule has 2 aliphatic rings. The van der Waals surface area contributed by atoms with Gasteiger partial charge in [-0.3, -0.25) is 0 Å². The molecular weight excluding hydrogens is 460 g/mol. The number of nitrogens with zero attached hydrogens (tertiary/aromatic N) is 2. The van der Waals surface area contributed by atoms with Crippen molar-refractivity contribution in [3.63, 3.8) is 0 Å². The van der Waals surface area contributed by atoms with Crippen LogP contribution < -0.4 is 0 Å². The maximum absolute atomic E-state index is 6.95. The molecule has 0 fully saturated rings. The summed E-state index contributed by atoms with van der Waals surface area (Å²) in [5, 5.41) is 0. The van der Waals surface area contributed by atoms with Crippen LogP contribution in [0.25, 0.3) is 9.69 Å². The number of ether oxygens (including phenoxy) is 4. The molecule has 160 valence electrons. The minimum Gasteiger partial charge on any atom is -0.475 e. The molecule has 31 heavy (non-hydrogen) atoms. The topological polar surface area (TPSA) is 45.6 Å². The van der Waals surface area contributed by atoms with Gasteiger partial charge in [0.15, 0.2) is 18.2 Å². The van der Waals surface area contributed by atoms with E-state index in [1.165, 1.54) is 0 Å². The summed E-state index contributed by atoms with van der Waals surface area (Å²) in [6, 6.07) is 14.9. The third-order valence-electron chi connectivity index (χ3n) is 3.98. The summed E-state index contributed by atoms with van der Waals surface area (Å²) in [5.41, 5.74) is 2.42. The molecule has 2 aliphatic heterocycles. The van der Waals surface area contributed by atoms with Crippen LogP contribution in [-0.4, -0.2) is 33.4 Å². The summed E-state index contributed by atoms with van der Waals surface area (Å²) in [5.74, 6) is 0.175. The molecule has 7 heteroatoms. The largest absolute Gasteiger partial charge is 0.475 e. The molecule has 6 nitrogen and oxygen atoms in total. The van der Waals surface area contributed by atoms with Gasteiger partial charge in [-0.15, -0.1) is 0 Å². The molecule has 0 aromatic heterocycles. The maximum Gasteiger partial charge on any atom is 0.188 e. The second kappa shape index (κ2) is 15.0.